The van der Waals surface area contributed by atoms with Gasteiger partial charge in [0.1, 0.15) is 0 Å². The molecule has 0 unspecified atom stereocenters. The van der Waals surface area contributed by atoms with Crippen LogP contribution in [0.4, 0.5) is 0 Å². The number of hydrogen-bond donors (Lipinski definition) is 1. The molecule has 128 valence electrons. The Bertz CT molecular complexity index is 920. The van der Waals surface area contributed by atoms with Gasteiger partial charge in [-0.15, -0.1) is 0 Å². The maximum absolute atomic E-state index is 12.2. The summed E-state index contributed by atoms with van der Waals surface area (Å²) in [5.74, 6) is -0.216. The maximum Gasteiger partial charge on any atom is 0.315 e. The summed E-state index contributed by atoms with van der Waals surface area (Å²) in [4.78, 5) is 12.2. The number of hydrogen-bond acceptors (Lipinski definition) is 3. The number of fused-ring (bicyclic) bond motifs is 1. The summed E-state index contributed by atoms with van der Waals surface area (Å²) in [6.45, 7) is 6.19. The van der Waals surface area contributed by atoms with E-state index in [1.807, 2.05) is 48.5 Å². The van der Waals surface area contributed by atoms with Gasteiger partial charge in [0.25, 0.3) is 0 Å². The van der Waals surface area contributed by atoms with Crippen LogP contribution in [0.15, 0.2) is 60.7 Å². The molecule has 3 aromatic rings. The van der Waals surface area contributed by atoms with Crippen LogP contribution >= 0.6 is 0 Å². The molecule has 0 aliphatic rings. The van der Waals surface area contributed by atoms with E-state index in [2.05, 4.69) is 20.8 Å². The van der Waals surface area contributed by atoms with Crippen molar-refractivity contribution < 1.29 is 14.6 Å². The first-order chi connectivity index (χ1) is 11.8. The van der Waals surface area contributed by atoms with Gasteiger partial charge in [0.15, 0.2) is 11.5 Å². The molecule has 3 heteroatoms. The zero-order chi connectivity index (χ0) is 18.0. The molecule has 0 aliphatic heterocycles. The second-order valence-corrected chi connectivity index (χ2v) is 7.26. The van der Waals surface area contributed by atoms with Gasteiger partial charge < -0.3 is 9.84 Å². The highest BCUT2D eigenvalue weighted by atomic mass is 16.5. The molecule has 0 spiro atoms. The summed E-state index contributed by atoms with van der Waals surface area (Å²) in [6, 6.07) is 19.1. The summed E-state index contributed by atoms with van der Waals surface area (Å²) in [6.07, 6.45) is 0.158. The zero-order valence-corrected chi connectivity index (χ0v) is 14.7. The second-order valence-electron chi connectivity index (χ2n) is 7.26. The van der Waals surface area contributed by atoms with Crippen molar-refractivity contribution in [2.24, 2.45) is 0 Å². The Labute approximate surface area is 147 Å². The molecule has 0 bridgehead atoms. The third-order valence-electron chi connectivity index (χ3n) is 4.21. The number of carbonyl (C=O) groups is 1. The fraction of sp³-hybridized carbons (Fsp3) is 0.227. The van der Waals surface area contributed by atoms with E-state index in [0.29, 0.717) is 0 Å². The van der Waals surface area contributed by atoms with Crippen molar-refractivity contribution in [1.29, 1.82) is 0 Å². The highest BCUT2D eigenvalue weighted by Crippen LogP contribution is 2.32. The quantitative estimate of drug-likeness (QED) is 0.542. The van der Waals surface area contributed by atoms with E-state index in [-0.39, 0.29) is 23.3 Å². The molecule has 0 amide bonds. The number of benzene rings is 3. The minimum Gasteiger partial charge on any atom is -0.504 e. The number of phenols is 1. The Kier molecular flexibility index (Phi) is 4.49. The van der Waals surface area contributed by atoms with Crippen molar-refractivity contribution in [1.82, 2.24) is 0 Å². The summed E-state index contributed by atoms with van der Waals surface area (Å²) >= 11 is 0. The van der Waals surface area contributed by atoms with Crippen LogP contribution in [0.1, 0.15) is 31.9 Å². The van der Waals surface area contributed by atoms with Gasteiger partial charge >= 0.3 is 5.97 Å². The molecule has 0 fully saturated rings. The molecule has 1 N–H and O–H groups in total. The summed E-state index contributed by atoms with van der Waals surface area (Å²) < 4.78 is 5.34. The molecule has 3 nitrogen and oxygen atoms in total. The topological polar surface area (TPSA) is 46.5 Å². The summed E-state index contributed by atoms with van der Waals surface area (Å²) in [5.41, 5.74) is 1.79. The van der Waals surface area contributed by atoms with Crippen molar-refractivity contribution in [2.75, 3.05) is 0 Å². The summed E-state index contributed by atoms with van der Waals surface area (Å²) in [7, 11) is 0. The van der Waals surface area contributed by atoms with E-state index in [1.165, 1.54) is 0 Å². The zero-order valence-electron chi connectivity index (χ0n) is 14.7. The van der Waals surface area contributed by atoms with E-state index in [1.54, 1.807) is 12.1 Å². The molecule has 0 heterocycles. The van der Waals surface area contributed by atoms with E-state index >= 15 is 0 Å². The molecule has 0 atom stereocenters. The first kappa shape index (κ1) is 17.0. The fourth-order valence-electron chi connectivity index (χ4n) is 2.74. The van der Waals surface area contributed by atoms with Gasteiger partial charge in [-0.05, 0) is 39.4 Å². The van der Waals surface area contributed by atoms with Gasteiger partial charge in [0.2, 0.25) is 0 Å². The SMILES string of the molecule is CC(C)(C)c1ccc(OC(=O)Cc2ccc3ccccc3c2)c(O)c1. The highest BCUT2D eigenvalue weighted by Gasteiger charge is 2.17. The lowest BCUT2D eigenvalue weighted by Gasteiger charge is -2.19. The minimum atomic E-state index is -0.394. The predicted octanol–water partition coefficient (Wildman–Crippen LogP) is 4.99. The van der Waals surface area contributed by atoms with Crippen LogP contribution < -0.4 is 4.74 Å². The van der Waals surface area contributed by atoms with Crippen LogP contribution in [0, 0.1) is 0 Å². The molecule has 0 radical (unpaired) electrons. The largest absolute Gasteiger partial charge is 0.504 e. The van der Waals surface area contributed by atoms with Crippen LogP contribution in [-0.4, -0.2) is 11.1 Å². The third kappa shape index (κ3) is 4.00. The highest BCUT2D eigenvalue weighted by molar-refractivity contribution is 5.84. The van der Waals surface area contributed by atoms with Crippen molar-refractivity contribution >= 4 is 16.7 Å². The molecule has 3 aromatic carbocycles. The lowest BCUT2D eigenvalue weighted by atomic mass is 9.87. The molecular weight excluding hydrogens is 312 g/mol. The Hall–Kier alpha value is -2.81. The number of ether oxygens (including phenoxy) is 1. The average molecular weight is 334 g/mol. The molecule has 25 heavy (non-hydrogen) atoms. The Balaban J connectivity index is 1.73. The molecular formula is C22H22O3. The van der Waals surface area contributed by atoms with Crippen LogP contribution in [0.2, 0.25) is 0 Å². The number of esters is 1. The molecule has 0 aliphatic carbocycles. The smallest absolute Gasteiger partial charge is 0.315 e. The maximum atomic E-state index is 12.2. The number of carbonyl (C=O) groups excluding carboxylic acids is 1. The lowest BCUT2D eigenvalue weighted by molar-refractivity contribution is -0.133. The molecule has 0 saturated carbocycles. The van der Waals surface area contributed by atoms with Crippen molar-refractivity contribution in [3.63, 3.8) is 0 Å². The van der Waals surface area contributed by atoms with E-state index < -0.39 is 5.97 Å². The van der Waals surface area contributed by atoms with Gasteiger partial charge in [0.05, 0.1) is 6.42 Å². The predicted molar refractivity (Wildman–Crippen MR) is 100 cm³/mol. The van der Waals surface area contributed by atoms with Crippen molar-refractivity contribution in [2.45, 2.75) is 32.6 Å². The van der Waals surface area contributed by atoms with E-state index in [9.17, 15) is 9.90 Å². The monoisotopic (exact) mass is 334 g/mol. The van der Waals surface area contributed by atoms with Crippen molar-refractivity contribution in [3.8, 4) is 11.5 Å². The second kappa shape index (κ2) is 6.60. The normalized spacial score (nSPS) is 11.5. The fourth-order valence-corrected chi connectivity index (χ4v) is 2.74. The number of phenolic OH excluding ortho intramolecular Hbond substituents is 1. The van der Waals surface area contributed by atoms with Gasteiger partial charge in [-0.2, -0.15) is 0 Å². The minimum absolute atomic E-state index is 0.0145. The van der Waals surface area contributed by atoms with Gasteiger partial charge in [-0.1, -0.05) is 69.3 Å². The van der Waals surface area contributed by atoms with Gasteiger partial charge in [-0.3, -0.25) is 4.79 Å². The Morgan fingerprint density at radius 2 is 1.68 bits per heavy atom. The number of aromatic hydroxyl groups is 1. The van der Waals surface area contributed by atoms with Crippen molar-refractivity contribution in [3.05, 3.63) is 71.8 Å². The lowest BCUT2D eigenvalue weighted by Crippen LogP contribution is -2.13. The number of rotatable bonds is 3. The van der Waals surface area contributed by atoms with Gasteiger partial charge in [-0.25, -0.2) is 0 Å². The van der Waals surface area contributed by atoms with E-state index in [0.717, 1.165) is 21.9 Å². The van der Waals surface area contributed by atoms with E-state index in [4.69, 9.17) is 4.74 Å². The van der Waals surface area contributed by atoms with Crippen LogP contribution in [0.5, 0.6) is 11.5 Å². The van der Waals surface area contributed by atoms with Crippen LogP contribution in [0.3, 0.4) is 0 Å². The van der Waals surface area contributed by atoms with Gasteiger partial charge in [0, 0.05) is 0 Å². The Morgan fingerprint density at radius 1 is 0.960 bits per heavy atom. The summed E-state index contributed by atoms with van der Waals surface area (Å²) in [5, 5.41) is 12.4. The first-order valence-electron chi connectivity index (χ1n) is 8.35. The van der Waals surface area contributed by atoms with Crippen LogP contribution in [0.25, 0.3) is 10.8 Å². The molecule has 3 rings (SSSR count). The first-order valence-corrected chi connectivity index (χ1v) is 8.35. The Morgan fingerprint density at radius 3 is 2.36 bits per heavy atom. The standard InChI is InChI=1S/C22H22O3/c1-22(2,3)18-10-11-20(19(23)14-18)25-21(24)13-15-8-9-16-6-4-5-7-17(16)12-15/h4-12,14,23H,13H2,1-3H3. The molecule has 0 saturated heterocycles. The van der Waals surface area contributed by atoms with Crippen LogP contribution in [-0.2, 0) is 16.6 Å². The average Bonchev–Trinajstić information content (AvgIpc) is 2.55. The molecule has 0 aromatic heterocycles. The third-order valence-corrected chi connectivity index (χ3v) is 4.21.